The van der Waals surface area contributed by atoms with Gasteiger partial charge in [-0.2, -0.15) is 0 Å². The van der Waals surface area contributed by atoms with Crippen LogP contribution in [-0.2, 0) is 4.79 Å². The molecular formula is C17H24N4O2. The highest BCUT2D eigenvalue weighted by atomic mass is 16.2. The van der Waals surface area contributed by atoms with Gasteiger partial charge >= 0.3 is 0 Å². The molecule has 0 spiro atoms. The molecule has 0 bridgehead atoms. The van der Waals surface area contributed by atoms with Crippen molar-refractivity contribution in [2.24, 2.45) is 5.73 Å². The van der Waals surface area contributed by atoms with Crippen LogP contribution in [0, 0.1) is 0 Å². The Morgan fingerprint density at radius 3 is 2.57 bits per heavy atom. The van der Waals surface area contributed by atoms with Gasteiger partial charge in [-0.1, -0.05) is 6.07 Å². The molecule has 0 aliphatic carbocycles. The van der Waals surface area contributed by atoms with Gasteiger partial charge < -0.3 is 20.4 Å². The fraction of sp³-hybridized carbons (Fsp3) is 0.529. The molecule has 2 fully saturated rings. The smallest absolute Gasteiger partial charge is 0.254 e. The molecule has 1 atom stereocenters. The average Bonchev–Trinajstić information content (AvgIpc) is 3.09. The molecule has 3 rings (SSSR count). The van der Waals surface area contributed by atoms with E-state index >= 15 is 0 Å². The Morgan fingerprint density at radius 1 is 1.13 bits per heavy atom. The lowest BCUT2D eigenvalue weighted by molar-refractivity contribution is -0.124. The number of anilines is 1. The minimum absolute atomic E-state index is 0.108. The zero-order chi connectivity index (χ0) is 16.4. The number of hydrogen-bond donors (Lipinski definition) is 1. The number of nitrogens with two attached hydrogens (primary N) is 1. The predicted octanol–water partition coefficient (Wildman–Crippen LogP) is 0.528. The van der Waals surface area contributed by atoms with Gasteiger partial charge in [0, 0.05) is 44.0 Å². The highest BCUT2D eigenvalue weighted by Crippen LogP contribution is 2.22. The summed E-state index contributed by atoms with van der Waals surface area (Å²) in [6.07, 6.45) is 2.39. The van der Waals surface area contributed by atoms with Gasteiger partial charge in [-0.15, -0.1) is 0 Å². The Hall–Kier alpha value is -2.08. The number of hydrogen-bond acceptors (Lipinski definition) is 4. The van der Waals surface area contributed by atoms with E-state index in [1.54, 1.807) is 4.90 Å². The van der Waals surface area contributed by atoms with Crippen LogP contribution in [0.3, 0.4) is 0 Å². The van der Waals surface area contributed by atoms with Gasteiger partial charge in [-0.25, -0.2) is 0 Å². The highest BCUT2D eigenvalue weighted by molar-refractivity contribution is 5.98. The van der Waals surface area contributed by atoms with Crippen molar-refractivity contribution in [3.05, 3.63) is 29.8 Å². The summed E-state index contributed by atoms with van der Waals surface area (Å²) in [6, 6.07) is 7.15. The molecule has 0 radical (unpaired) electrons. The Balaban J connectivity index is 1.81. The molecule has 6 heteroatoms. The second-order valence-electron chi connectivity index (χ2n) is 6.42. The zero-order valence-corrected chi connectivity index (χ0v) is 13.6. The average molecular weight is 316 g/mol. The molecule has 2 aliphatic rings. The second-order valence-corrected chi connectivity index (χ2v) is 6.42. The topological polar surface area (TPSA) is 69.9 Å². The molecule has 0 unspecified atom stereocenters. The number of nitrogens with zero attached hydrogens (tertiary/aromatic N) is 3. The summed E-state index contributed by atoms with van der Waals surface area (Å²) in [5, 5.41) is 0. The van der Waals surface area contributed by atoms with Crippen molar-refractivity contribution < 1.29 is 9.59 Å². The molecule has 124 valence electrons. The Labute approximate surface area is 136 Å². The standard InChI is InChI=1S/C17H24N4O2/c1-19-9-10-21(15(12-19)16(18)22)17(23)13-5-4-6-14(11-13)20-7-2-3-8-20/h4-6,11,15H,2-3,7-10,12H2,1H3,(H2,18,22)/t15-/m1/s1. The number of benzene rings is 1. The summed E-state index contributed by atoms with van der Waals surface area (Å²) in [6.45, 7) is 3.84. The minimum Gasteiger partial charge on any atom is -0.372 e. The largest absolute Gasteiger partial charge is 0.372 e. The van der Waals surface area contributed by atoms with Crippen molar-refractivity contribution in [1.29, 1.82) is 0 Å². The summed E-state index contributed by atoms with van der Waals surface area (Å²) < 4.78 is 0. The molecule has 2 heterocycles. The molecule has 2 amide bonds. The van der Waals surface area contributed by atoms with E-state index in [0.717, 1.165) is 25.3 Å². The fourth-order valence-electron chi connectivity index (χ4n) is 3.38. The first-order valence-corrected chi connectivity index (χ1v) is 8.20. The molecule has 2 N–H and O–H groups in total. The third kappa shape index (κ3) is 3.32. The van der Waals surface area contributed by atoms with E-state index in [0.29, 0.717) is 18.7 Å². The normalized spacial score (nSPS) is 22.4. The van der Waals surface area contributed by atoms with Crippen molar-refractivity contribution in [2.45, 2.75) is 18.9 Å². The van der Waals surface area contributed by atoms with Crippen LogP contribution in [-0.4, -0.2) is 67.4 Å². The van der Waals surface area contributed by atoms with E-state index in [2.05, 4.69) is 4.90 Å². The molecule has 0 saturated carbocycles. The third-order valence-electron chi connectivity index (χ3n) is 4.74. The van der Waals surface area contributed by atoms with E-state index < -0.39 is 11.9 Å². The van der Waals surface area contributed by atoms with Gasteiger partial charge in [0.05, 0.1) is 0 Å². The van der Waals surface area contributed by atoms with Crippen molar-refractivity contribution in [3.63, 3.8) is 0 Å². The number of piperazine rings is 1. The van der Waals surface area contributed by atoms with Crippen LogP contribution in [0.5, 0.6) is 0 Å². The van der Waals surface area contributed by atoms with Gasteiger partial charge in [0.25, 0.3) is 5.91 Å². The van der Waals surface area contributed by atoms with Crippen LogP contribution in [0.1, 0.15) is 23.2 Å². The summed E-state index contributed by atoms with van der Waals surface area (Å²) in [4.78, 5) is 30.5. The van der Waals surface area contributed by atoms with Gasteiger partial charge in [-0.05, 0) is 38.1 Å². The maximum Gasteiger partial charge on any atom is 0.254 e. The van der Waals surface area contributed by atoms with Crippen LogP contribution in [0.2, 0.25) is 0 Å². The molecule has 2 aliphatic heterocycles. The van der Waals surface area contributed by atoms with Gasteiger partial charge in [-0.3, -0.25) is 9.59 Å². The Morgan fingerprint density at radius 2 is 1.87 bits per heavy atom. The molecule has 0 aromatic heterocycles. The van der Waals surface area contributed by atoms with Crippen LogP contribution >= 0.6 is 0 Å². The fourth-order valence-corrected chi connectivity index (χ4v) is 3.38. The van der Waals surface area contributed by atoms with Gasteiger partial charge in [0.2, 0.25) is 5.91 Å². The summed E-state index contributed by atoms with van der Waals surface area (Å²) in [5.74, 6) is -0.552. The lowest BCUT2D eigenvalue weighted by Gasteiger charge is -2.38. The van der Waals surface area contributed by atoms with E-state index in [-0.39, 0.29) is 5.91 Å². The lowest BCUT2D eigenvalue weighted by atomic mass is 10.1. The van der Waals surface area contributed by atoms with E-state index in [1.807, 2.05) is 36.2 Å². The first-order valence-electron chi connectivity index (χ1n) is 8.20. The quantitative estimate of drug-likeness (QED) is 0.883. The molecule has 23 heavy (non-hydrogen) atoms. The number of likely N-dealkylation sites (N-methyl/N-ethyl adjacent to an activating group) is 1. The number of primary amides is 1. The number of rotatable bonds is 3. The van der Waals surface area contributed by atoms with E-state index in [4.69, 9.17) is 5.73 Å². The first-order chi connectivity index (χ1) is 11.1. The van der Waals surface area contributed by atoms with Crippen LogP contribution in [0.25, 0.3) is 0 Å². The van der Waals surface area contributed by atoms with Crippen LogP contribution in [0.15, 0.2) is 24.3 Å². The number of carbonyl (C=O) groups is 2. The van der Waals surface area contributed by atoms with Crippen molar-refractivity contribution in [3.8, 4) is 0 Å². The second kappa shape index (κ2) is 6.58. The van der Waals surface area contributed by atoms with Gasteiger partial charge in [0.15, 0.2) is 0 Å². The van der Waals surface area contributed by atoms with Crippen molar-refractivity contribution in [2.75, 3.05) is 44.7 Å². The van der Waals surface area contributed by atoms with Crippen LogP contribution < -0.4 is 10.6 Å². The summed E-state index contributed by atoms with van der Waals surface area (Å²) in [5.41, 5.74) is 7.21. The summed E-state index contributed by atoms with van der Waals surface area (Å²) >= 11 is 0. The zero-order valence-electron chi connectivity index (χ0n) is 13.6. The number of amides is 2. The van der Waals surface area contributed by atoms with E-state index in [1.165, 1.54) is 12.8 Å². The molecular weight excluding hydrogens is 292 g/mol. The van der Waals surface area contributed by atoms with Crippen LogP contribution in [0.4, 0.5) is 5.69 Å². The van der Waals surface area contributed by atoms with Gasteiger partial charge in [0.1, 0.15) is 6.04 Å². The highest BCUT2D eigenvalue weighted by Gasteiger charge is 2.33. The molecule has 6 nitrogen and oxygen atoms in total. The molecule has 2 saturated heterocycles. The lowest BCUT2D eigenvalue weighted by Crippen LogP contribution is -2.59. The Bertz CT molecular complexity index is 598. The molecule has 1 aromatic carbocycles. The van der Waals surface area contributed by atoms with Crippen molar-refractivity contribution in [1.82, 2.24) is 9.80 Å². The predicted molar refractivity (Wildman–Crippen MR) is 89.4 cm³/mol. The summed E-state index contributed by atoms with van der Waals surface area (Å²) in [7, 11) is 1.94. The monoisotopic (exact) mass is 316 g/mol. The minimum atomic E-state index is -0.559. The third-order valence-corrected chi connectivity index (χ3v) is 4.74. The first kappa shape index (κ1) is 15.8. The maximum absolute atomic E-state index is 12.9. The Kier molecular flexibility index (Phi) is 4.52. The van der Waals surface area contributed by atoms with Crippen molar-refractivity contribution >= 4 is 17.5 Å². The molecule has 1 aromatic rings. The number of carbonyl (C=O) groups excluding carboxylic acids is 2. The SMILES string of the molecule is CN1CCN(C(=O)c2cccc(N3CCCC3)c2)[C@@H](C(N)=O)C1. The van der Waals surface area contributed by atoms with E-state index in [9.17, 15) is 9.59 Å². The maximum atomic E-state index is 12.9.